The molecule has 0 saturated carbocycles. The van der Waals surface area contributed by atoms with Gasteiger partial charge in [0.25, 0.3) is 0 Å². The lowest BCUT2D eigenvalue weighted by Gasteiger charge is -2.10. The number of H-pyrrole nitrogens is 1. The van der Waals surface area contributed by atoms with Gasteiger partial charge in [0.05, 0.1) is 12.2 Å². The van der Waals surface area contributed by atoms with Gasteiger partial charge in [-0.1, -0.05) is 0 Å². The second-order valence-corrected chi connectivity index (χ2v) is 7.14. The summed E-state index contributed by atoms with van der Waals surface area (Å²) < 4.78 is 13.2. The number of aromatic amines is 1. The van der Waals surface area contributed by atoms with Crippen molar-refractivity contribution in [3.8, 4) is 0 Å². The molecule has 0 amide bonds. The highest BCUT2D eigenvalue weighted by atomic mass is 32.1. The molecule has 0 saturated heterocycles. The van der Waals surface area contributed by atoms with Crippen LogP contribution in [0.2, 0.25) is 0 Å². The van der Waals surface area contributed by atoms with Crippen LogP contribution in [0, 0.1) is 19.7 Å². The van der Waals surface area contributed by atoms with Gasteiger partial charge in [-0.3, -0.25) is 4.99 Å². The second-order valence-electron chi connectivity index (χ2n) is 5.86. The van der Waals surface area contributed by atoms with Crippen LogP contribution < -0.4 is 10.6 Å². The van der Waals surface area contributed by atoms with Crippen LogP contribution in [0.15, 0.2) is 29.4 Å². The van der Waals surface area contributed by atoms with E-state index >= 15 is 0 Å². The molecule has 0 fully saturated rings. The first-order valence-electron chi connectivity index (χ1n) is 8.19. The zero-order valence-electron chi connectivity index (χ0n) is 14.6. The molecular weight excluding hydrogens is 337 g/mol. The van der Waals surface area contributed by atoms with Crippen molar-refractivity contribution in [2.24, 2.45) is 4.99 Å². The molecule has 0 aliphatic carbocycles. The van der Waals surface area contributed by atoms with E-state index in [0.717, 1.165) is 46.1 Å². The first-order valence-corrected chi connectivity index (χ1v) is 9.01. The molecule has 2 aromatic heterocycles. The topological polar surface area (TPSA) is 65.1 Å². The predicted molar refractivity (Wildman–Crippen MR) is 102 cm³/mol. The average Bonchev–Trinajstić information content (AvgIpc) is 3.13. The molecule has 5 nitrogen and oxygen atoms in total. The van der Waals surface area contributed by atoms with Gasteiger partial charge >= 0.3 is 0 Å². The molecule has 132 valence electrons. The SMILES string of the molecule is CN=C(NCCc1c[nH]c2cc(F)ccc12)NCc1nc(C)c(C)s1. The summed E-state index contributed by atoms with van der Waals surface area (Å²) in [5.74, 6) is 0.521. The average molecular weight is 359 g/mol. The molecule has 0 aliphatic rings. The quantitative estimate of drug-likeness (QED) is 0.484. The van der Waals surface area contributed by atoms with Crippen LogP contribution in [0.25, 0.3) is 10.9 Å². The maximum Gasteiger partial charge on any atom is 0.191 e. The fraction of sp³-hybridized carbons (Fsp3) is 0.333. The highest BCUT2D eigenvalue weighted by molar-refractivity contribution is 7.11. The molecule has 3 aromatic rings. The van der Waals surface area contributed by atoms with Crippen LogP contribution in [0.4, 0.5) is 4.39 Å². The number of fused-ring (bicyclic) bond motifs is 1. The minimum absolute atomic E-state index is 0.226. The number of nitrogens with one attached hydrogen (secondary N) is 3. The van der Waals surface area contributed by atoms with E-state index in [1.165, 1.54) is 17.0 Å². The van der Waals surface area contributed by atoms with Crippen LogP contribution in [0.5, 0.6) is 0 Å². The second kappa shape index (κ2) is 7.65. The Kier molecular flexibility index (Phi) is 5.33. The Balaban J connectivity index is 1.52. The van der Waals surface area contributed by atoms with Crippen molar-refractivity contribution in [3.05, 3.63) is 51.4 Å². The molecule has 3 N–H and O–H groups in total. The highest BCUT2D eigenvalue weighted by Crippen LogP contribution is 2.19. The van der Waals surface area contributed by atoms with Gasteiger partial charge in [-0.05, 0) is 44.0 Å². The number of aromatic nitrogens is 2. The van der Waals surface area contributed by atoms with Crippen molar-refractivity contribution in [3.63, 3.8) is 0 Å². The number of rotatable bonds is 5. The molecule has 1 aromatic carbocycles. The number of guanidine groups is 1. The summed E-state index contributed by atoms with van der Waals surface area (Å²) in [7, 11) is 1.75. The molecule has 2 heterocycles. The Labute approximate surface area is 150 Å². The number of hydrogen-bond donors (Lipinski definition) is 3. The molecule has 0 atom stereocenters. The monoisotopic (exact) mass is 359 g/mol. The predicted octanol–water partition coefficient (Wildman–Crippen LogP) is 3.29. The van der Waals surface area contributed by atoms with E-state index < -0.39 is 0 Å². The Morgan fingerprint density at radius 2 is 2.16 bits per heavy atom. The van der Waals surface area contributed by atoms with Crippen LogP contribution in [-0.2, 0) is 13.0 Å². The molecule has 0 spiro atoms. The maximum atomic E-state index is 13.2. The fourth-order valence-corrected chi connectivity index (χ4v) is 3.55. The van der Waals surface area contributed by atoms with Gasteiger partial charge in [0.2, 0.25) is 0 Å². The molecule has 3 rings (SSSR count). The molecule has 0 unspecified atom stereocenters. The summed E-state index contributed by atoms with van der Waals surface area (Å²) in [6, 6.07) is 4.83. The number of thiazole rings is 1. The number of hydrogen-bond acceptors (Lipinski definition) is 3. The van der Waals surface area contributed by atoms with E-state index in [0.29, 0.717) is 6.54 Å². The van der Waals surface area contributed by atoms with Crippen molar-refractivity contribution in [1.29, 1.82) is 0 Å². The zero-order valence-corrected chi connectivity index (χ0v) is 15.4. The number of nitrogens with zero attached hydrogens (tertiary/aromatic N) is 2. The van der Waals surface area contributed by atoms with Gasteiger partial charge in [-0.15, -0.1) is 11.3 Å². The summed E-state index contributed by atoms with van der Waals surface area (Å²) in [5.41, 5.74) is 3.07. The Hall–Kier alpha value is -2.41. The molecule has 0 aliphatic heterocycles. The number of aryl methyl sites for hydroxylation is 2. The molecular formula is C18H22FN5S. The minimum Gasteiger partial charge on any atom is -0.361 e. The largest absolute Gasteiger partial charge is 0.361 e. The van der Waals surface area contributed by atoms with E-state index in [-0.39, 0.29) is 5.82 Å². The number of aliphatic imine (C=N–C) groups is 1. The van der Waals surface area contributed by atoms with E-state index in [4.69, 9.17) is 0 Å². The van der Waals surface area contributed by atoms with Crippen LogP contribution in [0.3, 0.4) is 0 Å². The number of halogens is 1. The lowest BCUT2D eigenvalue weighted by Crippen LogP contribution is -2.37. The molecule has 7 heteroatoms. The van der Waals surface area contributed by atoms with Gasteiger partial charge < -0.3 is 15.6 Å². The Bertz CT molecular complexity index is 877. The Morgan fingerprint density at radius 1 is 1.32 bits per heavy atom. The smallest absolute Gasteiger partial charge is 0.191 e. The normalized spacial score (nSPS) is 11.9. The fourth-order valence-electron chi connectivity index (χ4n) is 2.68. The van der Waals surface area contributed by atoms with Gasteiger partial charge in [0.1, 0.15) is 10.8 Å². The summed E-state index contributed by atoms with van der Waals surface area (Å²) in [6.45, 7) is 5.50. The molecule has 0 radical (unpaired) electrons. The summed E-state index contributed by atoms with van der Waals surface area (Å²) in [6.07, 6.45) is 2.75. The van der Waals surface area contributed by atoms with Gasteiger partial charge in [-0.2, -0.15) is 0 Å². The number of benzene rings is 1. The first-order chi connectivity index (χ1) is 12.1. The van der Waals surface area contributed by atoms with E-state index in [2.05, 4.69) is 32.5 Å². The van der Waals surface area contributed by atoms with Crippen molar-refractivity contribution < 1.29 is 4.39 Å². The lowest BCUT2D eigenvalue weighted by molar-refractivity contribution is 0.629. The third-order valence-electron chi connectivity index (χ3n) is 4.12. The van der Waals surface area contributed by atoms with Gasteiger partial charge in [0, 0.05) is 35.6 Å². The molecule has 25 heavy (non-hydrogen) atoms. The standard InChI is InChI=1S/C18H22FN5S/c1-11-12(2)25-17(24-11)10-23-18(20-3)21-7-6-13-9-22-16-8-14(19)4-5-15(13)16/h4-5,8-9,22H,6-7,10H2,1-3H3,(H2,20,21,23). The van der Waals surface area contributed by atoms with E-state index in [9.17, 15) is 4.39 Å². The third-order valence-corrected chi connectivity index (χ3v) is 5.19. The first kappa shape index (κ1) is 17.4. The Morgan fingerprint density at radius 3 is 2.88 bits per heavy atom. The highest BCUT2D eigenvalue weighted by Gasteiger charge is 2.07. The zero-order chi connectivity index (χ0) is 17.8. The van der Waals surface area contributed by atoms with Crippen molar-refractivity contribution >= 4 is 28.2 Å². The van der Waals surface area contributed by atoms with Crippen LogP contribution in [0.1, 0.15) is 21.1 Å². The van der Waals surface area contributed by atoms with Crippen molar-refractivity contribution in [1.82, 2.24) is 20.6 Å². The van der Waals surface area contributed by atoms with Crippen molar-refractivity contribution in [2.45, 2.75) is 26.8 Å². The van der Waals surface area contributed by atoms with Gasteiger partial charge in [0.15, 0.2) is 5.96 Å². The maximum absolute atomic E-state index is 13.2. The van der Waals surface area contributed by atoms with Crippen molar-refractivity contribution in [2.75, 3.05) is 13.6 Å². The summed E-state index contributed by atoms with van der Waals surface area (Å²) >= 11 is 1.70. The van der Waals surface area contributed by atoms with Gasteiger partial charge in [-0.25, -0.2) is 9.37 Å². The molecule has 0 bridgehead atoms. The van der Waals surface area contributed by atoms with E-state index in [1.807, 2.05) is 19.2 Å². The minimum atomic E-state index is -0.226. The lowest BCUT2D eigenvalue weighted by atomic mass is 10.1. The summed E-state index contributed by atoms with van der Waals surface area (Å²) in [4.78, 5) is 13.1. The van der Waals surface area contributed by atoms with E-state index in [1.54, 1.807) is 18.4 Å². The van der Waals surface area contributed by atoms with Crippen LogP contribution >= 0.6 is 11.3 Å². The summed E-state index contributed by atoms with van der Waals surface area (Å²) in [5, 5.41) is 8.69. The third kappa shape index (κ3) is 4.17. The van der Waals surface area contributed by atoms with Crippen LogP contribution in [-0.4, -0.2) is 29.5 Å².